The summed E-state index contributed by atoms with van der Waals surface area (Å²) in [7, 11) is -3.76. The molecule has 11 nitrogen and oxygen atoms in total. The number of nitrogens with zero attached hydrogens (tertiary/aromatic N) is 1. The Morgan fingerprint density at radius 1 is 1.08 bits per heavy atom. The van der Waals surface area contributed by atoms with Gasteiger partial charge in [0.15, 0.2) is 6.10 Å². The van der Waals surface area contributed by atoms with Crippen molar-refractivity contribution in [2.24, 2.45) is 0 Å². The molecule has 1 saturated heterocycles. The number of carbonyl (C=O) groups excluding carboxylic acids is 3. The van der Waals surface area contributed by atoms with E-state index in [1.54, 1.807) is 43.3 Å². The monoisotopic (exact) mass is 533 g/mol. The number of rotatable bonds is 10. The van der Waals surface area contributed by atoms with Gasteiger partial charge in [0.2, 0.25) is 10.0 Å². The van der Waals surface area contributed by atoms with Crippen LogP contribution in [0.5, 0.6) is 5.75 Å². The van der Waals surface area contributed by atoms with Crippen LogP contribution in [0.15, 0.2) is 47.4 Å². The minimum atomic E-state index is -3.76. The number of nitrogens with one attached hydrogen (secondary N) is 2. The van der Waals surface area contributed by atoms with Crippen LogP contribution in [0.2, 0.25) is 0 Å². The summed E-state index contributed by atoms with van der Waals surface area (Å²) in [6.45, 7) is 6.10. The van der Waals surface area contributed by atoms with Gasteiger partial charge in [0.05, 0.1) is 24.7 Å². The SMILES string of the molecule is CCOc1ccc(C(=O)NCC(=O)OC(C)C(=O)Nc2ccc(C)c(S(=O)(=O)N3CCOCC3)c2)cc1. The number of morpholine rings is 1. The van der Waals surface area contributed by atoms with E-state index >= 15 is 0 Å². The summed E-state index contributed by atoms with van der Waals surface area (Å²) >= 11 is 0. The number of benzene rings is 2. The van der Waals surface area contributed by atoms with Crippen LogP contribution in [0.4, 0.5) is 5.69 Å². The van der Waals surface area contributed by atoms with Crippen molar-refractivity contribution in [1.29, 1.82) is 0 Å². The second-order valence-corrected chi connectivity index (χ2v) is 10.2. The smallest absolute Gasteiger partial charge is 0.326 e. The molecule has 1 atom stereocenters. The molecule has 1 aliphatic rings. The molecule has 0 bridgehead atoms. The van der Waals surface area contributed by atoms with Crippen molar-refractivity contribution in [3.05, 3.63) is 53.6 Å². The Morgan fingerprint density at radius 3 is 2.41 bits per heavy atom. The molecule has 2 aromatic rings. The molecule has 2 amide bonds. The van der Waals surface area contributed by atoms with Crippen molar-refractivity contribution in [3.63, 3.8) is 0 Å². The van der Waals surface area contributed by atoms with Crippen LogP contribution < -0.4 is 15.4 Å². The lowest BCUT2D eigenvalue weighted by Crippen LogP contribution is -2.40. The average molecular weight is 534 g/mol. The van der Waals surface area contributed by atoms with Crippen LogP contribution in [0.25, 0.3) is 0 Å². The summed E-state index contributed by atoms with van der Waals surface area (Å²) in [5.41, 5.74) is 1.12. The number of esters is 1. The molecular formula is C25H31N3O8S. The summed E-state index contributed by atoms with van der Waals surface area (Å²) in [5, 5.41) is 5.01. The Bertz CT molecular complexity index is 1220. The number of aryl methyl sites for hydroxylation is 1. The van der Waals surface area contributed by atoms with E-state index in [-0.39, 0.29) is 23.7 Å². The summed E-state index contributed by atoms with van der Waals surface area (Å²) < 4.78 is 43.1. The first kappa shape index (κ1) is 28.1. The fourth-order valence-corrected chi connectivity index (χ4v) is 5.20. The van der Waals surface area contributed by atoms with E-state index in [4.69, 9.17) is 14.2 Å². The molecule has 3 rings (SSSR count). The van der Waals surface area contributed by atoms with Gasteiger partial charge in [-0.05, 0) is 62.7 Å². The van der Waals surface area contributed by atoms with Crippen molar-refractivity contribution < 1.29 is 37.0 Å². The van der Waals surface area contributed by atoms with E-state index in [1.165, 1.54) is 17.3 Å². The van der Waals surface area contributed by atoms with E-state index in [0.717, 1.165) is 0 Å². The molecule has 1 unspecified atom stereocenters. The number of anilines is 1. The maximum atomic E-state index is 13.0. The molecule has 2 N–H and O–H groups in total. The minimum Gasteiger partial charge on any atom is -0.494 e. The fourth-order valence-electron chi connectivity index (χ4n) is 3.54. The topological polar surface area (TPSA) is 140 Å². The van der Waals surface area contributed by atoms with Gasteiger partial charge >= 0.3 is 5.97 Å². The number of carbonyl (C=O) groups is 3. The average Bonchev–Trinajstić information content (AvgIpc) is 2.89. The molecule has 0 saturated carbocycles. The Morgan fingerprint density at radius 2 is 1.76 bits per heavy atom. The van der Waals surface area contributed by atoms with Gasteiger partial charge in [0.1, 0.15) is 12.3 Å². The maximum absolute atomic E-state index is 13.0. The zero-order valence-corrected chi connectivity index (χ0v) is 21.8. The lowest BCUT2D eigenvalue weighted by molar-refractivity contribution is -0.152. The highest BCUT2D eigenvalue weighted by atomic mass is 32.2. The van der Waals surface area contributed by atoms with E-state index < -0.39 is 40.5 Å². The zero-order valence-electron chi connectivity index (χ0n) is 21.0. The predicted molar refractivity (Wildman–Crippen MR) is 135 cm³/mol. The largest absolute Gasteiger partial charge is 0.494 e. The lowest BCUT2D eigenvalue weighted by Gasteiger charge is -2.27. The highest BCUT2D eigenvalue weighted by Crippen LogP contribution is 2.24. The zero-order chi connectivity index (χ0) is 27.0. The summed E-state index contributed by atoms with van der Waals surface area (Å²) in [4.78, 5) is 37.0. The Hall–Kier alpha value is -3.48. The van der Waals surface area contributed by atoms with Crippen molar-refractivity contribution >= 4 is 33.5 Å². The standard InChI is InChI=1S/C25H31N3O8S/c1-4-35-21-9-6-19(7-10-21)25(31)26-16-23(29)36-18(3)24(30)27-20-8-5-17(2)22(15-20)37(32,33)28-11-13-34-14-12-28/h5-10,15,18H,4,11-14,16H2,1-3H3,(H,26,31)(H,27,30). The van der Waals surface area contributed by atoms with E-state index in [9.17, 15) is 22.8 Å². The molecule has 37 heavy (non-hydrogen) atoms. The fraction of sp³-hybridized carbons (Fsp3) is 0.400. The molecule has 1 aliphatic heterocycles. The van der Waals surface area contributed by atoms with E-state index in [2.05, 4.69) is 10.6 Å². The van der Waals surface area contributed by atoms with Crippen LogP contribution in [-0.2, 0) is 29.1 Å². The second kappa shape index (κ2) is 12.7. The molecule has 1 heterocycles. The third-order valence-electron chi connectivity index (χ3n) is 5.54. The van der Waals surface area contributed by atoms with Gasteiger partial charge in [-0.15, -0.1) is 0 Å². The molecule has 0 spiro atoms. The van der Waals surface area contributed by atoms with Crippen molar-refractivity contribution in [1.82, 2.24) is 9.62 Å². The summed E-state index contributed by atoms with van der Waals surface area (Å²) in [6.07, 6.45) is -1.18. The molecule has 200 valence electrons. The third kappa shape index (κ3) is 7.51. The van der Waals surface area contributed by atoms with Gasteiger partial charge < -0.3 is 24.8 Å². The first-order valence-corrected chi connectivity index (χ1v) is 13.3. The predicted octanol–water partition coefficient (Wildman–Crippen LogP) is 1.71. The lowest BCUT2D eigenvalue weighted by atomic mass is 10.2. The van der Waals surface area contributed by atoms with Gasteiger partial charge in [-0.1, -0.05) is 6.07 Å². The maximum Gasteiger partial charge on any atom is 0.326 e. The highest BCUT2D eigenvalue weighted by molar-refractivity contribution is 7.89. The van der Waals surface area contributed by atoms with Gasteiger partial charge in [0.25, 0.3) is 11.8 Å². The van der Waals surface area contributed by atoms with Crippen LogP contribution in [0.3, 0.4) is 0 Å². The molecule has 2 aromatic carbocycles. The first-order valence-electron chi connectivity index (χ1n) is 11.8. The Labute approximate surface area is 216 Å². The van der Waals surface area contributed by atoms with Crippen molar-refractivity contribution in [3.8, 4) is 5.75 Å². The van der Waals surface area contributed by atoms with Gasteiger partial charge in [-0.2, -0.15) is 4.31 Å². The third-order valence-corrected chi connectivity index (χ3v) is 7.58. The van der Waals surface area contributed by atoms with Crippen LogP contribution >= 0.6 is 0 Å². The molecule has 0 aliphatic carbocycles. The van der Waals surface area contributed by atoms with Crippen molar-refractivity contribution in [2.45, 2.75) is 31.8 Å². The Kier molecular flexibility index (Phi) is 9.61. The first-order chi connectivity index (χ1) is 17.6. The van der Waals surface area contributed by atoms with E-state index in [1.807, 2.05) is 6.92 Å². The van der Waals surface area contributed by atoms with E-state index in [0.29, 0.717) is 36.7 Å². The minimum absolute atomic E-state index is 0.0776. The normalized spacial score (nSPS) is 14.9. The number of ether oxygens (including phenoxy) is 3. The number of hydrogen-bond acceptors (Lipinski definition) is 8. The molecular weight excluding hydrogens is 502 g/mol. The number of hydrogen-bond donors (Lipinski definition) is 2. The summed E-state index contributed by atoms with van der Waals surface area (Å²) in [6, 6.07) is 11.0. The van der Waals surface area contributed by atoms with Crippen LogP contribution in [0.1, 0.15) is 29.8 Å². The molecule has 12 heteroatoms. The quantitative estimate of drug-likeness (QED) is 0.440. The van der Waals surface area contributed by atoms with Crippen molar-refractivity contribution in [2.75, 3.05) is 44.8 Å². The van der Waals surface area contributed by atoms with Gasteiger partial charge in [-0.25, -0.2) is 8.42 Å². The number of sulfonamides is 1. The second-order valence-electron chi connectivity index (χ2n) is 8.26. The molecule has 1 fully saturated rings. The molecule has 0 aromatic heterocycles. The van der Waals surface area contributed by atoms with Crippen LogP contribution in [-0.4, -0.2) is 76.1 Å². The summed E-state index contributed by atoms with van der Waals surface area (Å²) in [5.74, 6) is -1.31. The Balaban J connectivity index is 1.54. The highest BCUT2D eigenvalue weighted by Gasteiger charge is 2.28. The van der Waals surface area contributed by atoms with Gasteiger partial charge in [-0.3, -0.25) is 14.4 Å². The van der Waals surface area contributed by atoms with Gasteiger partial charge in [0, 0.05) is 24.3 Å². The number of amides is 2. The molecule has 0 radical (unpaired) electrons. The van der Waals surface area contributed by atoms with Crippen LogP contribution in [0, 0.1) is 6.92 Å².